The maximum absolute atomic E-state index is 5.32. The van der Waals surface area contributed by atoms with Gasteiger partial charge in [-0.05, 0) is 46.6 Å². The van der Waals surface area contributed by atoms with E-state index in [-0.39, 0.29) is 0 Å². The highest BCUT2D eigenvalue weighted by atomic mass is 79.9. The summed E-state index contributed by atoms with van der Waals surface area (Å²) in [5.74, 6) is 0.723. The molecular weight excluding hydrogens is 274 g/mol. The number of hydrogen-bond acceptors (Lipinski definition) is 2. The lowest BCUT2D eigenvalue weighted by molar-refractivity contribution is 0.689. The fourth-order valence-electron chi connectivity index (χ4n) is 1.96. The Morgan fingerprint density at radius 1 is 1.67 bits per heavy atom. The number of hydrogen-bond donors (Lipinski definition) is 1. The predicted molar refractivity (Wildman–Crippen MR) is 65.4 cm³/mol. The molecule has 15 heavy (non-hydrogen) atoms. The zero-order chi connectivity index (χ0) is 10.6. The van der Waals surface area contributed by atoms with Gasteiger partial charge in [0.1, 0.15) is 0 Å². The van der Waals surface area contributed by atoms with Crippen molar-refractivity contribution in [2.45, 2.75) is 19.4 Å². The van der Waals surface area contributed by atoms with Crippen molar-refractivity contribution in [1.29, 1.82) is 0 Å². The smallest absolute Gasteiger partial charge is 0.179 e. The summed E-state index contributed by atoms with van der Waals surface area (Å²) in [5.41, 5.74) is 1.98. The van der Waals surface area contributed by atoms with Crippen molar-refractivity contribution in [3.63, 3.8) is 0 Å². The minimum atomic E-state index is 0.542. The van der Waals surface area contributed by atoms with Gasteiger partial charge in [-0.25, -0.2) is 4.98 Å². The molecule has 0 aromatic carbocycles. The van der Waals surface area contributed by atoms with Crippen LogP contribution in [-0.2, 0) is 0 Å². The Morgan fingerprint density at radius 3 is 3.07 bits per heavy atom. The Morgan fingerprint density at radius 2 is 2.40 bits per heavy atom. The number of nitrogens with one attached hydrogen (secondary N) is 1. The van der Waals surface area contributed by atoms with Crippen LogP contribution >= 0.6 is 28.1 Å². The van der Waals surface area contributed by atoms with E-state index in [1.807, 2.05) is 12.3 Å². The molecule has 2 heterocycles. The Bertz CT molecular complexity index is 586. The second kappa shape index (κ2) is 3.15. The monoisotopic (exact) mass is 283 g/mol. The minimum Gasteiger partial charge on any atom is -0.329 e. The standard InChI is InChI=1S/C10H10BrN3S/c1-5-2-8(5)14-9-7(13-10(14)15)3-6(11)4-12-9/h3-5,8H,2H2,1H3,(H,13,15). The number of halogens is 1. The van der Waals surface area contributed by atoms with Crippen molar-refractivity contribution >= 4 is 39.3 Å². The van der Waals surface area contributed by atoms with E-state index in [1.165, 1.54) is 6.42 Å². The number of pyridine rings is 1. The van der Waals surface area contributed by atoms with Crippen molar-refractivity contribution in [3.05, 3.63) is 21.5 Å². The van der Waals surface area contributed by atoms with Crippen LogP contribution in [0.15, 0.2) is 16.7 Å². The number of rotatable bonds is 1. The molecule has 0 amide bonds. The molecule has 1 N–H and O–H groups in total. The van der Waals surface area contributed by atoms with Crippen LogP contribution in [0.2, 0.25) is 0 Å². The summed E-state index contributed by atoms with van der Waals surface area (Å²) in [4.78, 5) is 7.61. The zero-order valence-electron chi connectivity index (χ0n) is 8.20. The largest absolute Gasteiger partial charge is 0.329 e. The topological polar surface area (TPSA) is 33.6 Å². The van der Waals surface area contributed by atoms with Crippen molar-refractivity contribution in [2.75, 3.05) is 0 Å². The van der Waals surface area contributed by atoms with E-state index >= 15 is 0 Å². The molecule has 1 fully saturated rings. The van der Waals surface area contributed by atoms with Gasteiger partial charge >= 0.3 is 0 Å². The van der Waals surface area contributed by atoms with Gasteiger partial charge in [0, 0.05) is 16.7 Å². The van der Waals surface area contributed by atoms with Gasteiger partial charge in [-0.2, -0.15) is 0 Å². The van der Waals surface area contributed by atoms with Crippen LogP contribution in [0.25, 0.3) is 11.2 Å². The Labute approximate surface area is 101 Å². The molecule has 2 aromatic rings. The molecule has 0 spiro atoms. The second-order valence-electron chi connectivity index (χ2n) is 4.11. The predicted octanol–water partition coefficient (Wildman–Crippen LogP) is 3.44. The summed E-state index contributed by atoms with van der Waals surface area (Å²) in [7, 11) is 0. The fraction of sp³-hybridized carbons (Fsp3) is 0.400. The van der Waals surface area contributed by atoms with E-state index in [1.54, 1.807) is 0 Å². The van der Waals surface area contributed by atoms with Crippen molar-refractivity contribution in [3.8, 4) is 0 Å². The SMILES string of the molecule is CC1CC1n1c(=S)[nH]c2cc(Br)cnc21. The third kappa shape index (κ3) is 1.45. The summed E-state index contributed by atoms with van der Waals surface area (Å²) in [6.07, 6.45) is 3.02. The number of aromatic nitrogens is 3. The van der Waals surface area contributed by atoms with E-state index in [4.69, 9.17) is 12.2 Å². The molecular formula is C10H10BrN3S. The summed E-state index contributed by atoms with van der Waals surface area (Å²) >= 11 is 8.72. The van der Waals surface area contributed by atoms with Gasteiger partial charge in [0.15, 0.2) is 10.4 Å². The highest BCUT2D eigenvalue weighted by Crippen LogP contribution is 2.44. The van der Waals surface area contributed by atoms with Crippen LogP contribution < -0.4 is 0 Å². The van der Waals surface area contributed by atoms with E-state index in [0.29, 0.717) is 6.04 Å². The normalized spacial score (nSPS) is 24.7. The molecule has 2 atom stereocenters. The molecule has 1 aliphatic rings. The fourth-order valence-corrected chi connectivity index (χ4v) is 2.62. The molecule has 2 unspecified atom stereocenters. The summed E-state index contributed by atoms with van der Waals surface area (Å²) < 4.78 is 3.90. The number of fused-ring (bicyclic) bond motifs is 1. The van der Waals surface area contributed by atoms with E-state index in [2.05, 4.69) is 37.4 Å². The summed E-state index contributed by atoms with van der Waals surface area (Å²) in [6.45, 7) is 2.24. The van der Waals surface area contributed by atoms with Crippen LogP contribution in [0.1, 0.15) is 19.4 Å². The lowest BCUT2D eigenvalue weighted by Gasteiger charge is -2.00. The van der Waals surface area contributed by atoms with Gasteiger partial charge in [-0.3, -0.25) is 4.57 Å². The Kier molecular flexibility index (Phi) is 2.01. The van der Waals surface area contributed by atoms with E-state index < -0.39 is 0 Å². The van der Waals surface area contributed by atoms with Gasteiger partial charge in [-0.15, -0.1) is 0 Å². The first-order valence-electron chi connectivity index (χ1n) is 4.92. The molecule has 0 saturated heterocycles. The summed E-state index contributed by atoms with van der Waals surface area (Å²) in [5, 5.41) is 0. The van der Waals surface area contributed by atoms with Gasteiger partial charge in [0.25, 0.3) is 0 Å². The number of nitrogens with zero attached hydrogens (tertiary/aromatic N) is 2. The summed E-state index contributed by atoms with van der Waals surface area (Å²) in [6, 6.07) is 2.56. The lowest BCUT2D eigenvalue weighted by atomic mass is 10.4. The molecule has 2 aromatic heterocycles. The zero-order valence-corrected chi connectivity index (χ0v) is 10.6. The van der Waals surface area contributed by atoms with Gasteiger partial charge < -0.3 is 4.98 Å². The van der Waals surface area contributed by atoms with E-state index in [9.17, 15) is 0 Å². The van der Waals surface area contributed by atoms with Crippen LogP contribution in [0, 0.1) is 10.7 Å². The van der Waals surface area contributed by atoms with Gasteiger partial charge in [-0.1, -0.05) is 6.92 Å². The molecule has 0 radical (unpaired) electrons. The first kappa shape index (κ1) is 9.54. The maximum Gasteiger partial charge on any atom is 0.179 e. The van der Waals surface area contributed by atoms with Crippen LogP contribution in [0.3, 0.4) is 0 Å². The van der Waals surface area contributed by atoms with Gasteiger partial charge in [0.05, 0.1) is 5.52 Å². The quantitative estimate of drug-likeness (QED) is 0.814. The number of imidazole rings is 1. The average Bonchev–Trinajstić information content (AvgIpc) is 2.77. The molecule has 1 saturated carbocycles. The molecule has 3 nitrogen and oxygen atoms in total. The molecule has 0 aliphatic heterocycles. The first-order chi connectivity index (χ1) is 7.16. The highest BCUT2D eigenvalue weighted by molar-refractivity contribution is 9.10. The molecule has 78 valence electrons. The van der Waals surface area contributed by atoms with E-state index in [0.717, 1.165) is 26.3 Å². The highest BCUT2D eigenvalue weighted by Gasteiger charge is 2.36. The molecule has 0 bridgehead atoms. The third-order valence-electron chi connectivity index (χ3n) is 2.92. The Balaban J connectivity index is 2.29. The number of aromatic amines is 1. The lowest BCUT2D eigenvalue weighted by Crippen LogP contribution is -1.96. The van der Waals surface area contributed by atoms with Crippen molar-refractivity contribution in [2.24, 2.45) is 5.92 Å². The van der Waals surface area contributed by atoms with Crippen molar-refractivity contribution < 1.29 is 0 Å². The molecule has 3 rings (SSSR count). The van der Waals surface area contributed by atoms with Crippen LogP contribution in [0.4, 0.5) is 0 Å². The van der Waals surface area contributed by atoms with Crippen molar-refractivity contribution in [1.82, 2.24) is 14.5 Å². The van der Waals surface area contributed by atoms with Gasteiger partial charge in [0.2, 0.25) is 0 Å². The first-order valence-corrected chi connectivity index (χ1v) is 6.12. The average molecular weight is 284 g/mol. The molecule has 1 aliphatic carbocycles. The third-order valence-corrected chi connectivity index (χ3v) is 3.65. The van der Waals surface area contributed by atoms with Crippen LogP contribution in [0.5, 0.6) is 0 Å². The number of H-pyrrole nitrogens is 1. The maximum atomic E-state index is 5.32. The van der Waals surface area contributed by atoms with Crippen LogP contribution in [-0.4, -0.2) is 14.5 Å². The second-order valence-corrected chi connectivity index (χ2v) is 5.41. The Hall–Kier alpha value is -0.680. The molecule has 5 heteroatoms. The minimum absolute atomic E-state index is 0.542.